The van der Waals surface area contributed by atoms with E-state index in [9.17, 15) is 18.4 Å². The van der Waals surface area contributed by atoms with Gasteiger partial charge in [0.1, 0.15) is 17.5 Å². The Morgan fingerprint density at radius 2 is 1.89 bits per heavy atom. The molecule has 0 radical (unpaired) electrons. The molecule has 2 aromatic heterocycles. The monoisotopic (exact) mass is 502 g/mol. The number of hydrogen-bond donors (Lipinski definition) is 1. The van der Waals surface area contributed by atoms with E-state index in [-0.39, 0.29) is 24.9 Å². The highest BCUT2D eigenvalue weighted by Crippen LogP contribution is 2.46. The Morgan fingerprint density at radius 1 is 1.14 bits per heavy atom. The van der Waals surface area contributed by atoms with Crippen LogP contribution in [0.4, 0.5) is 14.6 Å². The lowest BCUT2D eigenvalue weighted by Crippen LogP contribution is -2.39. The van der Waals surface area contributed by atoms with Crippen molar-refractivity contribution in [1.82, 2.24) is 14.9 Å². The molecule has 1 aliphatic carbocycles. The summed E-state index contributed by atoms with van der Waals surface area (Å²) in [5.41, 5.74) is 2.69. The molecule has 8 heteroatoms. The van der Waals surface area contributed by atoms with Gasteiger partial charge in [0.05, 0.1) is 5.41 Å². The number of fused-ring (bicyclic) bond motifs is 3. The smallest absolute Gasteiger partial charge is 0.237 e. The molecule has 0 bridgehead atoms. The molecule has 2 aliphatic rings. The highest BCUT2D eigenvalue weighted by molar-refractivity contribution is 6.06. The second-order valence-corrected chi connectivity index (χ2v) is 10.8. The normalized spacial score (nSPS) is 18.2. The highest BCUT2D eigenvalue weighted by Gasteiger charge is 2.51. The van der Waals surface area contributed by atoms with Crippen molar-refractivity contribution < 1.29 is 18.4 Å². The van der Waals surface area contributed by atoms with E-state index in [1.54, 1.807) is 17.3 Å². The zero-order valence-corrected chi connectivity index (χ0v) is 21.0. The molecule has 0 fully saturated rings. The van der Waals surface area contributed by atoms with Crippen LogP contribution in [0.3, 0.4) is 0 Å². The lowest BCUT2D eigenvalue weighted by atomic mass is 9.80. The second kappa shape index (κ2) is 9.18. The number of carbonyl (C=O) groups excluding carboxylic acids is 2. The number of aromatic nitrogens is 2. The van der Waals surface area contributed by atoms with Gasteiger partial charge in [0.25, 0.3) is 0 Å². The fraction of sp³-hybridized carbons (Fsp3) is 0.310. The van der Waals surface area contributed by atoms with Crippen molar-refractivity contribution in [2.75, 3.05) is 11.9 Å². The number of carbonyl (C=O) groups is 2. The average Bonchev–Trinajstić information content (AvgIpc) is 3.34. The van der Waals surface area contributed by atoms with Crippen molar-refractivity contribution in [3.05, 3.63) is 94.5 Å². The van der Waals surface area contributed by atoms with Crippen LogP contribution in [0.1, 0.15) is 48.7 Å². The van der Waals surface area contributed by atoms with Crippen molar-refractivity contribution in [3.8, 4) is 0 Å². The number of halogens is 2. The van der Waals surface area contributed by atoms with Crippen molar-refractivity contribution >= 4 is 23.7 Å². The molecular formula is C29H28F2N4O2. The number of nitrogens with zero attached hydrogens (tertiary/aromatic N) is 3. The molecule has 37 heavy (non-hydrogen) atoms. The first-order valence-electron chi connectivity index (χ1n) is 12.2. The van der Waals surface area contributed by atoms with Gasteiger partial charge in [-0.1, -0.05) is 39.0 Å². The third-order valence-electron chi connectivity index (χ3n) is 6.89. The summed E-state index contributed by atoms with van der Waals surface area (Å²) in [7, 11) is 0. The van der Waals surface area contributed by atoms with E-state index >= 15 is 0 Å². The summed E-state index contributed by atoms with van der Waals surface area (Å²) in [6.45, 7) is 5.78. The standard InChI is InChI=1S/C29H28F2N4O2/c1-28(2,3)27(37)35(17-19-11-21(30)13-22(31)12-19)9-5-6-18-10-20-14-29(15-24(20)33-16-18)23-7-4-8-32-25(23)34-26(29)36/h4-8,10-13,16H,9,14-15,17H2,1-3H3,(H,32,34,36)/b6-5+/t29-/m0/s1. The molecule has 1 atom stereocenters. The molecule has 1 spiro atoms. The Morgan fingerprint density at radius 3 is 2.62 bits per heavy atom. The molecule has 5 rings (SSSR count). The van der Waals surface area contributed by atoms with E-state index < -0.39 is 22.5 Å². The zero-order chi connectivity index (χ0) is 26.4. The molecule has 2 amide bonds. The average molecular weight is 503 g/mol. The lowest BCUT2D eigenvalue weighted by molar-refractivity contribution is -0.139. The van der Waals surface area contributed by atoms with Gasteiger partial charge in [-0.2, -0.15) is 0 Å². The number of amides is 2. The minimum Gasteiger partial charge on any atom is -0.334 e. The van der Waals surface area contributed by atoms with Crippen LogP contribution in [0.15, 0.2) is 54.9 Å². The van der Waals surface area contributed by atoms with Gasteiger partial charge in [0.2, 0.25) is 11.8 Å². The van der Waals surface area contributed by atoms with Gasteiger partial charge < -0.3 is 10.2 Å². The van der Waals surface area contributed by atoms with Gasteiger partial charge >= 0.3 is 0 Å². The number of pyridine rings is 2. The molecule has 3 heterocycles. The Kier molecular flexibility index (Phi) is 6.14. The van der Waals surface area contributed by atoms with E-state index in [0.29, 0.717) is 24.2 Å². The van der Waals surface area contributed by atoms with Crippen LogP contribution in [0.5, 0.6) is 0 Å². The Labute approximate surface area is 214 Å². The van der Waals surface area contributed by atoms with Gasteiger partial charge in [-0.05, 0) is 47.4 Å². The predicted octanol–water partition coefficient (Wildman–Crippen LogP) is 4.83. The van der Waals surface area contributed by atoms with Gasteiger partial charge in [-0.3, -0.25) is 14.6 Å². The van der Waals surface area contributed by atoms with Crippen LogP contribution in [0.25, 0.3) is 6.08 Å². The van der Waals surface area contributed by atoms with Gasteiger partial charge in [0, 0.05) is 54.6 Å². The highest BCUT2D eigenvalue weighted by atomic mass is 19.1. The number of rotatable bonds is 5. The van der Waals surface area contributed by atoms with Crippen LogP contribution < -0.4 is 5.32 Å². The molecule has 6 nitrogen and oxygen atoms in total. The summed E-state index contributed by atoms with van der Waals surface area (Å²) in [6.07, 6.45) is 8.20. The largest absolute Gasteiger partial charge is 0.334 e. The van der Waals surface area contributed by atoms with Crippen LogP contribution in [0.2, 0.25) is 0 Å². The number of benzene rings is 1. The Bertz CT molecular complexity index is 1410. The molecule has 0 saturated carbocycles. The summed E-state index contributed by atoms with van der Waals surface area (Å²) < 4.78 is 27.4. The van der Waals surface area contributed by atoms with Crippen LogP contribution >= 0.6 is 0 Å². The molecule has 0 unspecified atom stereocenters. The molecule has 1 N–H and O–H groups in total. The molecule has 1 aromatic carbocycles. The van der Waals surface area contributed by atoms with Gasteiger partial charge in [0.15, 0.2) is 0 Å². The predicted molar refractivity (Wildman–Crippen MR) is 136 cm³/mol. The second-order valence-electron chi connectivity index (χ2n) is 10.8. The molecular weight excluding hydrogens is 474 g/mol. The van der Waals surface area contributed by atoms with Crippen molar-refractivity contribution in [3.63, 3.8) is 0 Å². The fourth-order valence-electron chi connectivity index (χ4n) is 5.16. The van der Waals surface area contributed by atoms with Crippen molar-refractivity contribution in [1.29, 1.82) is 0 Å². The quantitative estimate of drug-likeness (QED) is 0.542. The lowest BCUT2D eigenvalue weighted by Gasteiger charge is -2.29. The summed E-state index contributed by atoms with van der Waals surface area (Å²) in [5, 5.41) is 2.90. The first-order chi connectivity index (χ1) is 17.5. The zero-order valence-electron chi connectivity index (χ0n) is 21.0. The van der Waals surface area contributed by atoms with Crippen molar-refractivity contribution in [2.45, 2.75) is 45.6 Å². The summed E-state index contributed by atoms with van der Waals surface area (Å²) >= 11 is 0. The number of hydrogen-bond acceptors (Lipinski definition) is 4. The topological polar surface area (TPSA) is 75.2 Å². The van der Waals surface area contributed by atoms with E-state index in [1.165, 1.54) is 12.1 Å². The molecule has 3 aromatic rings. The van der Waals surface area contributed by atoms with Crippen molar-refractivity contribution in [2.24, 2.45) is 5.41 Å². The summed E-state index contributed by atoms with van der Waals surface area (Å²) in [4.78, 5) is 36.5. The summed E-state index contributed by atoms with van der Waals surface area (Å²) in [6, 6.07) is 9.10. The Hall–Kier alpha value is -3.94. The maximum Gasteiger partial charge on any atom is 0.237 e. The maximum absolute atomic E-state index is 13.7. The first kappa shape index (κ1) is 24.7. The van der Waals surface area contributed by atoms with E-state index in [2.05, 4.69) is 15.3 Å². The van der Waals surface area contributed by atoms with E-state index in [1.807, 2.05) is 51.1 Å². The molecule has 0 saturated heterocycles. The molecule has 190 valence electrons. The summed E-state index contributed by atoms with van der Waals surface area (Å²) in [5.74, 6) is -0.922. The van der Waals surface area contributed by atoms with Gasteiger partial charge in [-0.15, -0.1) is 0 Å². The minimum atomic E-state index is -0.683. The number of nitrogens with one attached hydrogen (secondary N) is 1. The van der Waals surface area contributed by atoms with Crippen LogP contribution in [-0.2, 0) is 34.4 Å². The van der Waals surface area contributed by atoms with Crippen LogP contribution in [0, 0.1) is 17.0 Å². The fourth-order valence-corrected chi connectivity index (χ4v) is 5.16. The van der Waals surface area contributed by atoms with Gasteiger partial charge in [-0.25, -0.2) is 13.8 Å². The van der Waals surface area contributed by atoms with E-state index in [0.717, 1.165) is 28.5 Å². The first-order valence-corrected chi connectivity index (χ1v) is 12.2. The SMILES string of the molecule is CC(C)(C)C(=O)N(C/C=C/c1cnc2c(c1)C[C@@]1(C2)C(=O)Nc2ncccc21)Cc1cc(F)cc(F)c1. The molecule has 1 aliphatic heterocycles. The third-order valence-corrected chi connectivity index (χ3v) is 6.89. The maximum atomic E-state index is 13.7. The van der Waals surface area contributed by atoms with E-state index in [4.69, 9.17) is 0 Å². The number of anilines is 1. The minimum absolute atomic E-state index is 0.0542. The Balaban J connectivity index is 1.34. The van der Waals surface area contributed by atoms with Crippen LogP contribution in [-0.4, -0.2) is 33.2 Å². The third kappa shape index (κ3) is 4.75.